The molecule has 1 saturated carbocycles. The van der Waals surface area contributed by atoms with Crippen LogP contribution in [0.4, 0.5) is 0 Å². The van der Waals surface area contributed by atoms with E-state index in [0.29, 0.717) is 18.5 Å². The van der Waals surface area contributed by atoms with Gasteiger partial charge in [0.2, 0.25) is 0 Å². The van der Waals surface area contributed by atoms with E-state index >= 15 is 0 Å². The third-order valence-electron chi connectivity index (χ3n) is 3.56. The maximum absolute atomic E-state index is 5.96. The number of rotatable bonds is 3. The summed E-state index contributed by atoms with van der Waals surface area (Å²) in [7, 11) is 0. The Balaban J connectivity index is 0.00000220. The molecule has 1 aromatic heterocycles. The van der Waals surface area contributed by atoms with Crippen LogP contribution in [-0.2, 0) is 12.0 Å². The third-order valence-corrected chi connectivity index (χ3v) is 4.88. The van der Waals surface area contributed by atoms with Crippen molar-refractivity contribution in [2.75, 3.05) is 0 Å². The van der Waals surface area contributed by atoms with Crippen LogP contribution in [0.2, 0.25) is 0 Å². The molecule has 21 heavy (non-hydrogen) atoms. The van der Waals surface area contributed by atoms with Gasteiger partial charge in [-0.2, -0.15) is 0 Å². The first kappa shape index (κ1) is 18.7. The Kier molecular flexibility index (Phi) is 7.39. The van der Waals surface area contributed by atoms with Gasteiger partial charge in [0.05, 0.1) is 17.2 Å². The van der Waals surface area contributed by atoms with Gasteiger partial charge in [0.25, 0.3) is 0 Å². The molecule has 1 aromatic rings. The van der Waals surface area contributed by atoms with Gasteiger partial charge in [-0.25, -0.2) is 9.98 Å². The number of aliphatic imine (C=N–C) groups is 1. The summed E-state index contributed by atoms with van der Waals surface area (Å²) in [5.74, 6) is 0.558. The number of guanidine groups is 1. The van der Waals surface area contributed by atoms with E-state index in [2.05, 4.69) is 41.4 Å². The van der Waals surface area contributed by atoms with Crippen LogP contribution < -0.4 is 11.1 Å². The molecule has 1 fully saturated rings. The van der Waals surface area contributed by atoms with Crippen LogP contribution in [0, 0.1) is 0 Å². The minimum atomic E-state index is 0. The number of nitrogens with zero attached hydrogens (tertiary/aromatic N) is 2. The lowest BCUT2D eigenvalue weighted by Gasteiger charge is -2.23. The molecule has 1 heterocycles. The Bertz CT molecular complexity index is 458. The average Bonchev–Trinajstić information content (AvgIpc) is 2.86. The number of hydrogen-bond acceptors (Lipinski definition) is 3. The molecular weight excluding hydrogens is 395 g/mol. The van der Waals surface area contributed by atoms with Gasteiger partial charge in [-0.3, -0.25) is 0 Å². The Hall–Kier alpha value is -0.370. The van der Waals surface area contributed by atoms with E-state index in [0.717, 1.165) is 10.7 Å². The van der Waals surface area contributed by atoms with Crippen LogP contribution in [0.3, 0.4) is 0 Å². The van der Waals surface area contributed by atoms with Crippen LogP contribution in [0.15, 0.2) is 10.4 Å². The van der Waals surface area contributed by atoms with E-state index < -0.39 is 0 Å². The van der Waals surface area contributed by atoms with Gasteiger partial charge in [0, 0.05) is 16.8 Å². The van der Waals surface area contributed by atoms with Crippen molar-refractivity contribution in [2.45, 2.75) is 70.9 Å². The Morgan fingerprint density at radius 2 is 2.05 bits per heavy atom. The lowest BCUT2D eigenvalue weighted by atomic mass is 9.96. The number of hydrogen-bond donors (Lipinski definition) is 2. The lowest BCUT2D eigenvalue weighted by Crippen LogP contribution is -2.41. The fourth-order valence-corrected chi connectivity index (χ4v) is 3.29. The number of thiazole rings is 1. The molecule has 2 rings (SSSR count). The molecule has 0 unspecified atom stereocenters. The fraction of sp³-hybridized carbons (Fsp3) is 0.733. The quantitative estimate of drug-likeness (QED) is 0.443. The minimum Gasteiger partial charge on any atom is -0.370 e. The van der Waals surface area contributed by atoms with Crippen LogP contribution in [0.25, 0.3) is 0 Å². The Morgan fingerprint density at radius 3 is 2.62 bits per heavy atom. The normalized spacial score (nSPS) is 17.4. The lowest BCUT2D eigenvalue weighted by molar-refractivity contribution is 0.412. The third kappa shape index (κ3) is 6.10. The number of nitrogens with one attached hydrogen (secondary N) is 1. The predicted molar refractivity (Wildman–Crippen MR) is 102 cm³/mol. The van der Waals surface area contributed by atoms with Crippen LogP contribution in [0.5, 0.6) is 0 Å². The zero-order valence-electron chi connectivity index (χ0n) is 13.2. The van der Waals surface area contributed by atoms with E-state index in [9.17, 15) is 0 Å². The molecule has 1 aliphatic carbocycles. The van der Waals surface area contributed by atoms with Crippen molar-refractivity contribution < 1.29 is 0 Å². The first-order valence-corrected chi connectivity index (χ1v) is 8.34. The summed E-state index contributed by atoms with van der Waals surface area (Å²) in [6, 6.07) is 0.507. The molecule has 0 amide bonds. The molecule has 0 atom stereocenters. The number of halogens is 1. The van der Waals surface area contributed by atoms with Gasteiger partial charge in [0.1, 0.15) is 0 Å². The molecular formula is C15H27IN4S. The summed E-state index contributed by atoms with van der Waals surface area (Å²) in [5.41, 5.74) is 7.08. The monoisotopic (exact) mass is 422 g/mol. The van der Waals surface area contributed by atoms with Crippen molar-refractivity contribution in [3.63, 3.8) is 0 Å². The van der Waals surface area contributed by atoms with E-state index in [-0.39, 0.29) is 29.4 Å². The molecule has 0 spiro atoms. The van der Waals surface area contributed by atoms with Gasteiger partial charge >= 0.3 is 0 Å². The SMILES string of the molecule is CC(C)(C)c1nc(CN=C(N)NC2CCCCC2)cs1.I. The van der Waals surface area contributed by atoms with Crippen molar-refractivity contribution in [3.05, 3.63) is 16.1 Å². The van der Waals surface area contributed by atoms with Crippen molar-refractivity contribution >= 4 is 41.3 Å². The standard InChI is InChI=1S/C15H26N4S.HI/c1-15(2,3)13-18-12(10-20-13)9-17-14(16)19-11-7-5-4-6-8-11;/h10-11H,4-9H2,1-3H3,(H3,16,17,19);1H. The van der Waals surface area contributed by atoms with Crippen molar-refractivity contribution in [1.82, 2.24) is 10.3 Å². The second-order valence-corrected chi connectivity index (χ2v) is 7.43. The molecule has 0 aromatic carbocycles. The average molecular weight is 422 g/mol. The predicted octanol–water partition coefficient (Wildman–Crippen LogP) is 3.80. The number of aromatic nitrogens is 1. The molecule has 120 valence electrons. The van der Waals surface area contributed by atoms with Crippen LogP contribution in [-0.4, -0.2) is 17.0 Å². The van der Waals surface area contributed by atoms with E-state index in [1.807, 2.05) is 0 Å². The van der Waals surface area contributed by atoms with E-state index in [4.69, 9.17) is 5.73 Å². The van der Waals surface area contributed by atoms with Gasteiger partial charge in [0.15, 0.2) is 5.96 Å². The van der Waals surface area contributed by atoms with E-state index in [1.54, 1.807) is 11.3 Å². The smallest absolute Gasteiger partial charge is 0.189 e. The Labute approximate surface area is 149 Å². The first-order chi connectivity index (χ1) is 9.45. The van der Waals surface area contributed by atoms with Crippen LogP contribution >= 0.6 is 35.3 Å². The topological polar surface area (TPSA) is 63.3 Å². The molecule has 3 N–H and O–H groups in total. The summed E-state index contributed by atoms with van der Waals surface area (Å²) in [6.07, 6.45) is 6.36. The minimum absolute atomic E-state index is 0. The Morgan fingerprint density at radius 1 is 1.38 bits per heavy atom. The highest BCUT2D eigenvalue weighted by Gasteiger charge is 2.18. The summed E-state index contributed by atoms with van der Waals surface area (Å²) in [4.78, 5) is 9.04. The van der Waals surface area contributed by atoms with Crippen molar-refractivity contribution in [1.29, 1.82) is 0 Å². The molecule has 6 heteroatoms. The van der Waals surface area contributed by atoms with Crippen molar-refractivity contribution in [2.24, 2.45) is 10.7 Å². The van der Waals surface area contributed by atoms with Gasteiger partial charge in [-0.1, -0.05) is 40.0 Å². The van der Waals surface area contributed by atoms with Gasteiger partial charge in [-0.05, 0) is 12.8 Å². The van der Waals surface area contributed by atoms with Crippen molar-refractivity contribution in [3.8, 4) is 0 Å². The molecule has 0 radical (unpaired) electrons. The van der Waals surface area contributed by atoms with E-state index in [1.165, 1.54) is 32.1 Å². The maximum Gasteiger partial charge on any atom is 0.189 e. The highest BCUT2D eigenvalue weighted by Crippen LogP contribution is 2.25. The van der Waals surface area contributed by atoms with Crippen LogP contribution in [0.1, 0.15) is 63.6 Å². The number of nitrogens with two attached hydrogens (primary N) is 1. The molecule has 1 aliphatic rings. The summed E-state index contributed by atoms with van der Waals surface area (Å²) in [5, 5.41) is 6.56. The maximum atomic E-state index is 5.96. The molecule has 0 saturated heterocycles. The summed E-state index contributed by atoms with van der Waals surface area (Å²) in [6.45, 7) is 7.10. The molecule has 4 nitrogen and oxygen atoms in total. The first-order valence-electron chi connectivity index (χ1n) is 7.46. The zero-order chi connectivity index (χ0) is 14.6. The largest absolute Gasteiger partial charge is 0.370 e. The zero-order valence-corrected chi connectivity index (χ0v) is 16.3. The second-order valence-electron chi connectivity index (χ2n) is 6.57. The molecule has 0 aliphatic heterocycles. The van der Waals surface area contributed by atoms with Gasteiger partial charge in [-0.15, -0.1) is 35.3 Å². The highest BCUT2D eigenvalue weighted by atomic mass is 127. The highest BCUT2D eigenvalue weighted by molar-refractivity contribution is 14.0. The van der Waals surface area contributed by atoms with Gasteiger partial charge < -0.3 is 11.1 Å². The fourth-order valence-electron chi connectivity index (χ4n) is 2.39. The summed E-state index contributed by atoms with van der Waals surface area (Å²) < 4.78 is 0. The molecule has 0 bridgehead atoms. The summed E-state index contributed by atoms with van der Waals surface area (Å²) >= 11 is 1.70. The second kappa shape index (κ2) is 8.31.